The number of hydrogen-bond acceptors (Lipinski definition) is 5. The molecule has 0 saturated carbocycles. The van der Waals surface area contributed by atoms with Crippen molar-refractivity contribution in [2.24, 2.45) is 0 Å². The van der Waals surface area contributed by atoms with E-state index in [0.29, 0.717) is 0 Å². The van der Waals surface area contributed by atoms with E-state index in [2.05, 4.69) is 15.2 Å². The van der Waals surface area contributed by atoms with E-state index in [1.54, 1.807) is 11.8 Å². The smallest absolute Gasteiger partial charge is 0.197 e. The molecule has 0 radical (unpaired) electrons. The molecule has 0 fully saturated rings. The van der Waals surface area contributed by atoms with Gasteiger partial charge in [-0.1, -0.05) is 36.0 Å². The maximum atomic E-state index is 9.05. The molecule has 1 aromatic carbocycles. The third-order valence-corrected chi connectivity index (χ3v) is 4.23. The highest BCUT2D eigenvalue weighted by molar-refractivity contribution is 7.98. The number of aryl methyl sites for hydroxylation is 2. The van der Waals surface area contributed by atoms with Crippen molar-refractivity contribution in [1.29, 1.82) is 0 Å². The number of benzene rings is 1. The molecule has 5 nitrogen and oxygen atoms in total. The second-order valence-electron chi connectivity index (χ2n) is 4.88. The number of nitrogens with zero attached hydrogens (tertiary/aromatic N) is 4. The lowest BCUT2D eigenvalue weighted by atomic mass is 10.2. The maximum absolute atomic E-state index is 9.05. The summed E-state index contributed by atoms with van der Waals surface area (Å²) < 4.78 is 1.97. The molecule has 0 unspecified atom stereocenters. The average molecular weight is 300 g/mol. The second kappa shape index (κ2) is 5.83. The zero-order valence-corrected chi connectivity index (χ0v) is 12.8. The molecule has 2 heterocycles. The molecule has 2 aromatic heterocycles. The number of aliphatic hydroxyl groups is 1. The fourth-order valence-corrected chi connectivity index (χ4v) is 3.13. The van der Waals surface area contributed by atoms with Crippen molar-refractivity contribution in [2.75, 3.05) is 0 Å². The van der Waals surface area contributed by atoms with Crippen LogP contribution in [0.3, 0.4) is 0 Å². The van der Waals surface area contributed by atoms with E-state index in [-0.39, 0.29) is 6.61 Å². The van der Waals surface area contributed by atoms with Gasteiger partial charge in [0, 0.05) is 17.5 Å². The second-order valence-corrected chi connectivity index (χ2v) is 5.83. The zero-order valence-electron chi connectivity index (χ0n) is 11.9. The van der Waals surface area contributed by atoms with Gasteiger partial charge in [0.05, 0.1) is 6.61 Å². The van der Waals surface area contributed by atoms with Crippen molar-refractivity contribution in [3.63, 3.8) is 0 Å². The number of fused-ring (bicyclic) bond motifs is 1. The van der Waals surface area contributed by atoms with Gasteiger partial charge in [-0.25, -0.2) is 4.98 Å². The summed E-state index contributed by atoms with van der Waals surface area (Å²) in [6.45, 7) is 3.99. The Morgan fingerprint density at radius 3 is 2.52 bits per heavy atom. The van der Waals surface area contributed by atoms with Crippen LogP contribution in [-0.4, -0.2) is 24.7 Å². The van der Waals surface area contributed by atoms with Crippen LogP contribution in [0.25, 0.3) is 5.65 Å². The molecular weight excluding hydrogens is 284 g/mol. The minimum Gasteiger partial charge on any atom is -0.392 e. The van der Waals surface area contributed by atoms with Gasteiger partial charge in [-0.2, -0.15) is 0 Å². The van der Waals surface area contributed by atoms with Gasteiger partial charge < -0.3 is 5.11 Å². The molecule has 0 amide bonds. The van der Waals surface area contributed by atoms with Crippen molar-refractivity contribution in [2.45, 2.75) is 31.4 Å². The molecule has 0 bridgehead atoms. The number of aliphatic hydroxyl groups excluding tert-OH is 1. The zero-order chi connectivity index (χ0) is 14.8. The summed E-state index contributed by atoms with van der Waals surface area (Å²) in [5.41, 5.74) is 3.89. The first-order chi connectivity index (χ1) is 10.2. The van der Waals surface area contributed by atoms with E-state index >= 15 is 0 Å². The summed E-state index contributed by atoms with van der Waals surface area (Å²) in [6.07, 6.45) is 0. The summed E-state index contributed by atoms with van der Waals surface area (Å²) in [7, 11) is 0. The van der Waals surface area contributed by atoms with Crippen LogP contribution in [0.15, 0.2) is 35.5 Å². The monoisotopic (exact) mass is 300 g/mol. The fourth-order valence-electron chi connectivity index (χ4n) is 2.19. The highest BCUT2D eigenvalue weighted by atomic mass is 32.2. The van der Waals surface area contributed by atoms with Crippen LogP contribution in [0.4, 0.5) is 0 Å². The Balaban J connectivity index is 1.81. The summed E-state index contributed by atoms with van der Waals surface area (Å²) in [5.74, 6) is 1.70. The van der Waals surface area contributed by atoms with E-state index in [4.69, 9.17) is 5.11 Å². The standard InChI is InChI=1S/C15H16N4OS/c1-10-7-14-17-18-15(19(14)11(2)16-10)21-9-13-5-3-12(8-20)4-6-13/h3-7,20H,8-9H2,1-2H3. The van der Waals surface area contributed by atoms with Crippen LogP contribution in [0.1, 0.15) is 22.6 Å². The fraction of sp³-hybridized carbons (Fsp3) is 0.267. The first-order valence-electron chi connectivity index (χ1n) is 6.68. The Hall–Kier alpha value is -1.92. The lowest BCUT2D eigenvalue weighted by molar-refractivity contribution is 0.282. The third-order valence-electron chi connectivity index (χ3n) is 3.23. The van der Waals surface area contributed by atoms with Crippen molar-refractivity contribution < 1.29 is 5.11 Å². The van der Waals surface area contributed by atoms with E-state index in [0.717, 1.165) is 33.6 Å². The van der Waals surface area contributed by atoms with E-state index < -0.39 is 0 Å². The van der Waals surface area contributed by atoms with Gasteiger partial charge in [0.15, 0.2) is 10.8 Å². The molecular formula is C15H16N4OS. The van der Waals surface area contributed by atoms with E-state index in [9.17, 15) is 0 Å². The number of aromatic nitrogens is 4. The predicted molar refractivity (Wildman–Crippen MR) is 82.2 cm³/mol. The molecule has 3 aromatic rings. The van der Waals surface area contributed by atoms with E-state index in [1.807, 2.05) is 48.6 Å². The summed E-state index contributed by atoms with van der Waals surface area (Å²) in [6, 6.07) is 9.86. The third kappa shape index (κ3) is 2.91. The Kier molecular flexibility index (Phi) is 3.90. The normalized spacial score (nSPS) is 11.2. The largest absolute Gasteiger partial charge is 0.392 e. The molecule has 0 atom stereocenters. The quantitative estimate of drug-likeness (QED) is 0.750. The van der Waals surface area contributed by atoms with E-state index in [1.165, 1.54) is 5.56 Å². The molecule has 108 valence electrons. The topological polar surface area (TPSA) is 63.3 Å². The highest BCUT2D eigenvalue weighted by Crippen LogP contribution is 2.23. The molecule has 0 aliphatic rings. The molecule has 6 heteroatoms. The number of hydrogen-bond donors (Lipinski definition) is 1. The Bertz CT molecular complexity index is 767. The molecule has 0 aliphatic carbocycles. The van der Waals surface area contributed by atoms with Gasteiger partial charge in [0.1, 0.15) is 5.82 Å². The SMILES string of the molecule is Cc1cc2nnc(SCc3ccc(CO)cc3)n2c(C)n1. The summed E-state index contributed by atoms with van der Waals surface area (Å²) in [5, 5.41) is 18.3. The van der Waals surface area contributed by atoms with Crippen LogP contribution in [0, 0.1) is 13.8 Å². The van der Waals surface area contributed by atoms with Crippen molar-refractivity contribution in [3.05, 3.63) is 53.0 Å². The van der Waals surface area contributed by atoms with Crippen molar-refractivity contribution in [3.8, 4) is 0 Å². The van der Waals surface area contributed by atoms with Gasteiger partial charge in [-0.05, 0) is 25.0 Å². The first-order valence-corrected chi connectivity index (χ1v) is 7.67. The summed E-state index contributed by atoms with van der Waals surface area (Å²) >= 11 is 1.63. The first kappa shape index (κ1) is 14.0. The summed E-state index contributed by atoms with van der Waals surface area (Å²) in [4.78, 5) is 4.45. The van der Waals surface area contributed by atoms with Crippen LogP contribution < -0.4 is 0 Å². The molecule has 0 saturated heterocycles. The molecule has 0 aliphatic heterocycles. The Morgan fingerprint density at radius 1 is 1.10 bits per heavy atom. The minimum atomic E-state index is 0.0758. The van der Waals surface area contributed by atoms with Crippen LogP contribution in [0.2, 0.25) is 0 Å². The molecule has 0 spiro atoms. The van der Waals surface area contributed by atoms with Crippen molar-refractivity contribution in [1.82, 2.24) is 19.6 Å². The minimum absolute atomic E-state index is 0.0758. The van der Waals surface area contributed by atoms with Crippen LogP contribution in [-0.2, 0) is 12.4 Å². The predicted octanol–water partition coefficient (Wildman–Crippen LogP) is 2.53. The Labute approximate surface area is 127 Å². The van der Waals surface area contributed by atoms with Crippen LogP contribution in [0.5, 0.6) is 0 Å². The number of thioether (sulfide) groups is 1. The van der Waals surface area contributed by atoms with Gasteiger partial charge in [0.2, 0.25) is 0 Å². The lowest BCUT2D eigenvalue weighted by Crippen LogP contribution is -1.98. The average Bonchev–Trinajstić information content (AvgIpc) is 2.89. The number of rotatable bonds is 4. The maximum Gasteiger partial charge on any atom is 0.197 e. The van der Waals surface area contributed by atoms with Gasteiger partial charge in [-0.3, -0.25) is 4.40 Å². The van der Waals surface area contributed by atoms with Gasteiger partial charge >= 0.3 is 0 Å². The van der Waals surface area contributed by atoms with Gasteiger partial charge in [-0.15, -0.1) is 10.2 Å². The highest BCUT2D eigenvalue weighted by Gasteiger charge is 2.10. The van der Waals surface area contributed by atoms with Gasteiger partial charge in [0.25, 0.3) is 0 Å². The molecule has 21 heavy (non-hydrogen) atoms. The Morgan fingerprint density at radius 2 is 1.81 bits per heavy atom. The van der Waals surface area contributed by atoms with Crippen molar-refractivity contribution >= 4 is 17.4 Å². The lowest BCUT2D eigenvalue weighted by Gasteiger charge is -2.04. The molecule has 3 rings (SSSR count). The van der Waals surface area contributed by atoms with Crippen LogP contribution >= 0.6 is 11.8 Å². The molecule has 1 N–H and O–H groups in total.